The zero-order valence-corrected chi connectivity index (χ0v) is 13.1. The molecule has 0 aliphatic rings. The number of hydrazine groups is 1. The lowest BCUT2D eigenvalue weighted by Crippen LogP contribution is -2.13. The largest absolute Gasteiger partial charge is 0.308 e. The Hall–Kier alpha value is -1.59. The number of benzene rings is 1. The minimum Gasteiger partial charge on any atom is -0.308 e. The van der Waals surface area contributed by atoms with Gasteiger partial charge < -0.3 is 5.43 Å². The molecule has 2 aromatic rings. The third kappa shape index (κ3) is 3.11. The monoisotopic (exact) mass is 288 g/mol. The van der Waals surface area contributed by atoms with Crippen LogP contribution in [0.2, 0.25) is 0 Å². The summed E-state index contributed by atoms with van der Waals surface area (Å²) >= 11 is 1.66. The van der Waals surface area contributed by atoms with Crippen molar-refractivity contribution < 1.29 is 0 Å². The molecule has 3 N–H and O–H groups in total. The molecule has 0 saturated heterocycles. The van der Waals surface area contributed by atoms with E-state index in [-0.39, 0.29) is 0 Å². The van der Waals surface area contributed by atoms with Crippen LogP contribution in [0.4, 0.5) is 5.82 Å². The second-order valence-electron chi connectivity index (χ2n) is 5.11. The number of aryl methyl sites for hydroxylation is 2. The van der Waals surface area contributed by atoms with E-state index < -0.39 is 0 Å². The second kappa shape index (κ2) is 6.24. The van der Waals surface area contributed by atoms with E-state index in [2.05, 4.69) is 61.3 Å². The Bertz CT molecular complexity index is 611. The van der Waals surface area contributed by atoms with E-state index in [1.165, 1.54) is 16.0 Å². The number of nitrogens with one attached hydrogen (secondary N) is 1. The molecule has 5 heteroatoms. The summed E-state index contributed by atoms with van der Waals surface area (Å²) in [5.74, 6) is 6.55. The van der Waals surface area contributed by atoms with Gasteiger partial charge in [-0.1, -0.05) is 43.3 Å². The van der Waals surface area contributed by atoms with E-state index in [1.54, 1.807) is 18.1 Å². The summed E-state index contributed by atoms with van der Waals surface area (Å²) in [4.78, 5) is 9.83. The van der Waals surface area contributed by atoms with E-state index >= 15 is 0 Å². The molecule has 106 valence electrons. The van der Waals surface area contributed by atoms with Crippen LogP contribution in [-0.2, 0) is 0 Å². The number of hydrogen-bond acceptors (Lipinski definition) is 5. The Kier molecular flexibility index (Phi) is 4.62. The fraction of sp³-hybridized carbons (Fsp3) is 0.333. The van der Waals surface area contributed by atoms with Gasteiger partial charge in [-0.05, 0) is 31.4 Å². The number of nitrogens with two attached hydrogens (primary N) is 1. The van der Waals surface area contributed by atoms with Gasteiger partial charge in [0.15, 0.2) is 0 Å². The lowest BCUT2D eigenvalue weighted by molar-refractivity contribution is 0.804. The van der Waals surface area contributed by atoms with Gasteiger partial charge in [0, 0.05) is 10.5 Å². The summed E-state index contributed by atoms with van der Waals surface area (Å²) in [6.45, 7) is 8.45. The molecule has 2 rings (SSSR count). The van der Waals surface area contributed by atoms with Crippen molar-refractivity contribution in [2.45, 2.75) is 43.5 Å². The number of nitrogen functional groups attached to an aromatic ring is 1. The molecule has 0 unspecified atom stereocenters. The van der Waals surface area contributed by atoms with E-state index in [9.17, 15) is 0 Å². The summed E-state index contributed by atoms with van der Waals surface area (Å²) in [6, 6.07) is 6.44. The van der Waals surface area contributed by atoms with Crippen LogP contribution < -0.4 is 11.3 Å². The molecule has 0 aliphatic carbocycles. The highest BCUT2D eigenvalue weighted by atomic mass is 32.2. The molecular weight excluding hydrogens is 268 g/mol. The van der Waals surface area contributed by atoms with Gasteiger partial charge in [0.2, 0.25) is 0 Å². The average molecular weight is 288 g/mol. The molecule has 0 atom stereocenters. The van der Waals surface area contributed by atoms with E-state index in [4.69, 9.17) is 5.84 Å². The first-order valence-corrected chi connectivity index (χ1v) is 7.41. The molecule has 20 heavy (non-hydrogen) atoms. The fourth-order valence-corrected chi connectivity index (χ4v) is 3.22. The topological polar surface area (TPSA) is 63.8 Å². The van der Waals surface area contributed by atoms with Crippen molar-refractivity contribution in [3.8, 4) is 0 Å². The Morgan fingerprint density at radius 3 is 2.55 bits per heavy atom. The third-order valence-electron chi connectivity index (χ3n) is 3.10. The van der Waals surface area contributed by atoms with Crippen molar-refractivity contribution >= 4 is 17.6 Å². The van der Waals surface area contributed by atoms with Crippen LogP contribution in [0.1, 0.15) is 36.5 Å². The van der Waals surface area contributed by atoms with Gasteiger partial charge in [0.25, 0.3) is 0 Å². The maximum Gasteiger partial charge on any atom is 0.147 e. The normalized spacial score (nSPS) is 10.9. The highest BCUT2D eigenvalue weighted by Gasteiger charge is 2.16. The maximum atomic E-state index is 5.55. The van der Waals surface area contributed by atoms with Crippen molar-refractivity contribution in [2.24, 2.45) is 5.84 Å². The predicted molar refractivity (Wildman–Crippen MR) is 84.0 cm³/mol. The molecule has 1 aromatic carbocycles. The summed E-state index contributed by atoms with van der Waals surface area (Å²) in [5.41, 5.74) is 6.24. The quantitative estimate of drug-likeness (QED) is 0.511. The zero-order valence-electron chi connectivity index (χ0n) is 12.3. The maximum absolute atomic E-state index is 5.55. The lowest BCUT2D eigenvalue weighted by atomic mass is 10.1. The van der Waals surface area contributed by atoms with Gasteiger partial charge in [0.05, 0.1) is 0 Å². The summed E-state index contributed by atoms with van der Waals surface area (Å²) in [5, 5.41) is 0.954. The average Bonchev–Trinajstić information content (AvgIpc) is 2.41. The number of rotatable bonds is 4. The molecule has 0 saturated carbocycles. The molecular formula is C15H20N4S. The minimum absolute atomic E-state index is 0.301. The lowest BCUT2D eigenvalue weighted by Gasteiger charge is -2.15. The van der Waals surface area contributed by atoms with Gasteiger partial charge in [-0.3, -0.25) is 0 Å². The smallest absolute Gasteiger partial charge is 0.147 e. The zero-order chi connectivity index (χ0) is 14.7. The Morgan fingerprint density at radius 2 is 1.95 bits per heavy atom. The van der Waals surface area contributed by atoms with Gasteiger partial charge in [-0.2, -0.15) is 0 Å². The highest BCUT2D eigenvalue weighted by molar-refractivity contribution is 7.99. The van der Waals surface area contributed by atoms with Crippen LogP contribution in [0.25, 0.3) is 0 Å². The molecule has 0 radical (unpaired) electrons. The fourth-order valence-electron chi connectivity index (χ4n) is 2.11. The first-order valence-electron chi connectivity index (χ1n) is 6.59. The van der Waals surface area contributed by atoms with Crippen LogP contribution in [-0.4, -0.2) is 9.97 Å². The molecule has 0 spiro atoms. The Labute approximate surface area is 124 Å². The van der Waals surface area contributed by atoms with Crippen molar-refractivity contribution in [1.29, 1.82) is 0 Å². The van der Waals surface area contributed by atoms with Crippen LogP contribution in [0.15, 0.2) is 34.4 Å². The highest BCUT2D eigenvalue weighted by Crippen LogP contribution is 2.36. The number of nitrogens with zero attached hydrogens (tertiary/aromatic N) is 2. The van der Waals surface area contributed by atoms with Gasteiger partial charge in [-0.25, -0.2) is 15.8 Å². The van der Waals surface area contributed by atoms with Crippen LogP contribution in [0.3, 0.4) is 0 Å². The van der Waals surface area contributed by atoms with E-state index in [1.807, 2.05) is 0 Å². The molecule has 0 bridgehead atoms. The van der Waals surface area contributed by atoms with Crippen molar-refractivity contribution in [3.63, 3.8) is 0 Å². The Morgan fingerprint density at radius 1 is 1.20 bits per heavy atom. The van der Waals surface area contributed by atoms with Crippen molar-refractivity contribution in [1.82, 2.24) is 9.97 Å². The number of anilines is 1. The molecule has 0 aliphatic heterocycles. The molecule has 4 nitrogen and oxygen atoms in total. The van der Waals surface area contributed by atoms with Crippen LogP contribution in [0, 0.1) is 13.8 Å². The van der Waals surface area contributed by atoms with E-state index in [0.717, 1.165) is 10.6 Å². The van der Waals surface area contributed by atoms with Gasteiger partial charge in [-0.15, -0.1) is 0 Å². The number of aromatic nitrogens is 2. The Balaban J connectivity index is 2.43. The predicted octanol–water partition coefficient (Wildman–Crippen LogP) is 3.65. The number of hydrogen-bond donors (Lipinski definition) is 2. The van der Waals surface area contributed by atoms with Gasteiger partial charge in [0.1, 0.15) is 17.2 Å². The molecule has 0 amide bonds. The third-order valence-corrected chi connectivity index (χ3v) is 4.30. The first-order chi connectivity index (χ1) is 9.52. The van der Waals surface area contributed by atoms with Crippen LogP contribution >= 0.6 is 11.8 Å². The van der Waals surface area contributed by atoms with Crippen molar-refractivity contribution in [2.75, 3.05) is 5.43 Å². The SMILES string of the molecule is Cc1ccc(Sc2ncnc(NN)c2C(C)C)c(C)c1. The summed E-state index contributed by atoms with van der Waals surface area (Å²) in [7, 11) is 0. The van der Waals surface area contributed by atoms with Crippen LogP contribution in [0.5, 0.6) is 0 Å². The molecule has 1 aromatic heterocycles. The first kappa shape index (κ1) is 14.8. The summed E-state index contributed by atoms with van der Waals surface area (Å²) < 4.78 is 0. The summed E-state index contributed by atoms with van der Waals surface area (Å²) in [6.07, 6.45) is 1.55. The molecule has 1 heterocycles. The second-order valence-corrected chi connectivity index (χ2v) is 6.14. The van der Waals surface area contributed by atoms with Crippen molar-refractivity contribution in [3.05, 3.63) is 41.2 Å². The van der Waals surface area contributed by atoms with E-state index in [0.29, 0.717) is 11.7 Å². The van der Waals surface area contributed by atoms with Gasteiger partial charge >= 0.3 is 0 Å². The molecule has 0 fully saturated rings. The standard InChI is InChI=1S/C15H20N4S/c1-9(2)13-14(19-16)17-8-18-15(13)20-12-6-5-10(3)7-11(12)4/h5-9H,16H2,1-4H3,(H,17,18,19). The minimum atomic E-state index is 0.301.